The lowest BCUT2D eigenvalue weighted by molar-refractivity contribution is 0.601. The van der Waals surface area contributed by atoms with E-state index in [1.54, 1.807) is 31.3 Å². The molecule has 0 bridgehead atoms. The Balaban J connectivity index is 2.30. The van der Waals surface area contributed by atoms with E-state index in [1.165, 1.54) is 12.3 Å². The maximum Gasteiger partial charge on any atom is 0.263 e. The number of benzene rings is 1. The number of anilines is 2. The van der Waals surface area contributed by atoms with Crippen LogP contribution in [0.15, 0.2) is 45.9 Å². The summed E-state index contributed by atoms with van der Waals surface area (Å²) in [5, 5.41) is 3.13. The first-order chi connectivity index (χ1) is 9.42. The fourth-order valence-electron chi connectivity index (χ4n) is 1.46. The van der Waals surface area contributed by atoms with E-state index in [0.29, 0.717) is 16.5 Å². The van der Waals surface area contributed by atoms with Crippen LogP contribution in [0.2, 0.25) is 5.02 Å². The van der Waals surface area contributed by atoms with Gasteiger partial charge >= 0.3 is 0 Å². The molecular weight excluding hydrogens is 366 g/mol. The highest BCUT2D eigenvalue weighted by Gasteiger charge is 2.16. The molecule has 0 atom stereocenters. The molecule has 0 fully saturated rings. The van der Waals surface area contributed by atoms with Crippen molar-refractivity contribution < 1.29 is 8.42 Å². The molecular formula is C12H11BrClN3O2S. The highest BCUT2D eigenvalue weighted by molar-refractivity contribution is 9.10. The topological polar surface area (TPSA) is 71.1 Å². The molecule has 0 saturated heterocycles. The van der Waals surface area contributed by atoms with Crippen molar-refractivity contribution in [3.63, 3.8) is 0 Å². The van der Waals surface area contributed by atoms with Crippen LogP contribution in [0.4, 0.5) is 11.5 Å². The van der Waals surface area contributed by atoms with Gasteiger partial charge in [-0.1, -0.05) is 27.5 Å². The van der Waals surface area contributed by atoms with Crippen molar-refractivity contribution in [3.8, 4) is 0 Å². The van der Waals surface area contributed by atoms with Crippen molar-refractivity contribution in [1.82, 2.24) is 4.98 Å². The average Bonchev–Trinajstić information content (AvgIpc) is 2.42. The van der Waals surface area contributed by atoms with Gasteiger partial charge in [0.05, 0.1) is 10.7 Å². The lowest BCUT2D eigenvalue weighted by Crippen LogP contribution is -2.13. The summed E-state index contributed by atoms with van der Waals surface area (Å²) < 4.78 is 27.6. The summed E-state index contributed by atoms with van der Waals surface area (Å²) >= 11 is 9.25. The van der Waals surface area contributed by atoms with E-state index >= 15 is 0 Å². The molecule has 8 heteroatoms. The summed E-state index contributed by atoms with van der Waals surface area (Å²) in [4.78, 5) is 4.04. The number of hydrogen-bond acceptors (Lipinski definition) is 4. The van der Waals surface area contributed by atoms with Gasteiger partial charge in [-0.3, -0.25) is 4.72 Å². The molecule has 0 aliphatic carbocycles. The van der Waals surface area contributed by atoms with Gasteiger partial charge in [0.1, 0.15) is 10.7 Å². The van der Waals surface area contributed by atoms with Crippen LogP contribution < -0.4 is 10.0 Å². The number of sulfonamides is 1. The number of pyridine rings is 1. The second-order valence-corrected chi connectivity index (χ2v) is 6.86. The highest BCUT2D eigenvalue weighted by atomic mass is 79.9. The zero-order chi connectivity index (χ0) is 14.8. The Morgan fingerprint density at radius 3 is 2.55 bits per heavy atom. The molecule has 5 nitrogen and oxygen atoms in total. The molecule has 2 rings (SSSR count). The van der Waals surface area contributed by atoms with E-state index in [1.807, 2.05) is 0 Å². The van der Waals surface area contributed by atoms with Crippen LogP contribution in [0.3, 0.4) is 0 Å². The SMILES string of the molecule is CNc1ccc(S(=O)(=O)Nc2ccc(Br)cc2Cl)cn1. The predicted octanol–water partition coefficient (Wildman–Crippen LogP) is 3.34. The molecule has 0 radical (unpaired) electrons. The standard InChI is InChI=1S/C12H11BrClN3O2S/c1-15-12-5-3-9(7-16-12)20(18,19)17-11-4-2-8(13)6-10(11)14/h2-7,17H,1H3,(H,15,16). The molecule has 0 unspecified atom stereocenters. The molecule has 0 aliphatic heterocycles. The Kier molecular flexibility index (Phi) is 4.52. The van der Waals surface area contributed by atoms with E-state index in [2.05, 4.69) is 31.0 Å². The second-order valence-electron chi connectivity index (χ2n) is 3.86. The minimum atomic E-state index is -3.71. The van der Waals surface area contributed by atoms with E-state index in [0.717, 1.165) is 4.47 Å². The lowest BCUT2D eigenvalue weighted by Gasteiger charge is -2.10. The van der Waals surface area contributed by atoms with Crippen molar-refractivity contribution in [1.29, 1.82) is 0 Å². The Morgan fingerprint density at radius 1 is 1.25 bits per heavy atom. The van der Waals surface area contributed by atoms with Gasteiger partial charge in [0.2, 0.25) is 0 Å². The summed E-state index contributed by atoms with van der Waals surface area (Å²) in [6.07, 6.45) is 1.28. The Hall–Kier alpha value is -1.31. The zero-order valence-electron chi connectivity index (χ0n) is 10.4. The van der Waals surface area contributed by atoms with Gasteiger partial charge < -0.3 is 5.32 Å². The minimum Gasteiger partial charge on any atom is -0.373 e. The molecule has 2 aromatic rings. The van der Waals surface area contributed by atoms with Crippen molar-refractivity contribution in [3.05, 3.63) is 46.0 Å². The van der Waals surface area contributed by atoms with Gasteiger partial charge in [-0.05, 0) is 30.3 Å². The minimum absolute atomic E-state index is 0.0653. The van der Waals surface area contributed by atoms with Crippen molar-refractivity contribution in [2.45, 2.75) is 4.90 Å². The first kappa shape index (κ1) is 15.1. The maximum absolute atomic E-state index is 12.2. The van der Waals surface area contributed by atoms with Gasteiger partial charge in [-0.15, -0.1) is 0 Å². The normalized spacial score (nSPS) is 11.2. The number of halogens is 2. The van der Waals surface area contributed by atoms with Crippen LogP contribution in [0.25, 0.3) is 0 Å². The third-order valence-corrected chi connectivity index (χ3v) is 4.63. The molecule has 0 saturated carbocycles. The monoisotopic (exact) mass is 375 g/mol. The van der Waals surface area contributed by atoms with Crippen LogP contribution in [0.5, 0.6) is 0 Å². The Morgan fingerprint density at radius 2 is 2.00 bits per heavy atom. The maximum atomic E-state index is 12.2. The van der Waals surface area contributed by atoms with Crippen LogP contribution >= 0.6 is 27.5 Å². The largest absolute Gasteiger partial charge is 0.373 e. The average molecular weight is 377 g/mol. The number of aromatic nitrogens is 1. The fraction of sp³-hybridized carbons (Fsp3) is 0.0833. The molecule has 0 aliphatic rings. The predicted molar refractivity (Wildman–Crippen MR) is 83.7 cm³/mol. The number of nitrogens with one attached hydrogen (secondary N) is 2. The quantitative estimate of drug-likeness (QED) is 0.858. The Bertz CT molecular complexity index is 720. The molecule has 20 heavy (non-hydrogen) atoms. The second kappa shape index (κ2) is 5.99. The van der Waals surface area contributed by atoms with E-state index < -0.39 is 10.0 Å². The third kappa shape index (κ3) is 3.41. The molecule has 0 spiro atoms. The number of nitrogens with zero attached hydrogens (tertiary/aromatic N) is 1. The van der Waals surface area contributed by atoms with Gasteiger partial charge in [0.15, 0.2) is 0 Å². The first-order valence-electron chi connectivity index (χ1n) is 5.54. The van der Waals surface area contributed by atoms with E-state index in [-0.39, 0.29) is 4.90 Å². The van der Waals surface area contributed by atoms with Gasteiger partial charge in [-0.25, -0.2) is 13.4 Å². The first-order valence-corrected chi connectivity index (χ1v) is 8.19. The molecule has 2 N–H and O–H groups in total. The molecule has 1 aromatic heterocycles. The summed E-state index contributed by atoms with van der Waals surface area (Å²) in [7, 11) is -2.01. The van der Waals surface area contributed by atoms with E-state index in [9.17, 15) is 8.42 Å². The molecule has 1 heterocycles. The fourth-order valence-corrected chi connectivity index (χ4v) is 3.26. The highest BCUT2D eigenvalue weighted by Crippen LogP contribution is 2.27. The molecule has 106 valence electrons. The summed E-state index contributed by atoms with van der Waals surface area (Å²) in [6.45, 7) is 0. The van der Waals surface area contributed by atoms with Crippen LogP contribution in [0, 0.1) is 0 Å². The number of rotatable bonds is 4. The molecule has 0 amide bonds. The zero-order valence-corrected chi connectivity index (χ0v) is 13.6. The third-order valence-electron chi connectivity index (χ3n) is 2.48. The number of hydrogen-bond donors (Lipinski definition) is 2. The van der Waals surface area contributed by atoms with Crippen molar-refractivity contribution in [2.75, 3.05) is 17.1 Å². The molecule has 1 aromatic carbocycles. The van der Waals surface area contributed by atoms with Gasteiger partial charge in [0, 0.05) is 17.7 Å². The van der Waals surface area contributed by atoms with Gasteiger partial charge in [-0.2, -0.15) is 0 Å². The smallest absolute Gasteiger partial charge is 0.263 e. The summed E-state index contributed by atoms with van der Waals surface area (Å²) in [6, 6.07) is 7.94. The Labute approximate surface area is 130 Å². The van der Waals surface area contributed by atoms with Crippen LogP contribution in [-0.2, 0) is 10.0 Å². The van der Waals surface area contributed by atoms with Crippen molar-refractivity contribution >= 4 is 49.1 Å². The lowest BCUT2D eigenvalue weighted by atomic mass is 10.3. The van der Waals surface area contributed by atoms with Crippen LogP contribution in [0.1, 0.15) is 0 Å². The van der Waals surface area contributed by atoms with E-state index in [4.69, 9.17) is 11.6 Å². The van der Waals surface area contributed by atoms with Crippen molar-refractivity contribution in [2.24, 2.45) is 0 Å². The summed E-state index contributed by atoms with van der Waals surface area (Å²) in [5.41, 5.74) is 0.313. The van der Waals surface area contributed by atoms with Gasteiger partial charge in [0.25, 0.3) is 10.0 Å². The van der Waals surface area contributed by atoms with Crippen LogP contribution in [-0.4, -0.2) is 20.4 Å². The summed E-state index contributed by atoms with van der Waals surface area (Å²) in [5.74, 6) is 0.589.